The maximum Gasteiger partial charge on any atom is 0.0677 e. The third-order valence-electron chi connectivity index (χ3n) is 2.30. The quantitative estimate of drug-likeness (QED) is 0.585. The monoisotopic (exact) mass is 138 g/mol. The van der Waals surface area contributed by atoms with Crippen molar-refractivity contribution in [3.8, 4) is 12.3 Å². The Balaban J connectivity index is 2.25. The van der Waals surface area contributed by atoms with Crippen LogP contribution in [0.25, 0.3) is 0 Å². The van der Waals surface area contributed by atoms with Crippen LogP contribution < -0.4 is 0 Å². The van der Waals surface area contributed by atoms with Gasteiger partial charge in [0.05, 0.1) is 6.10 Å². The van der Waals surface area contributed by atoms with Crippen molar-refractivity contribution in [3.05, 3.63) is 0 Å². The predicted molar refractivity (Wildman–Crippen MR) is 41.3 cm³/mol. The van der Waals surface area contributed by atoms with Crippen molar-refractivity contribution >= 4 is 0 Å². The minimum atomic E-state index is -0.266. The molecule has 1 rings (SSSR count). The van der Waals surface area contributed by atoms with Crippen LogP contribution in [0.2, 0.25) is 0 Å². The van der Waals surface area contributed by atoms with E-state index in [4.69, 9.17) is 6.42 Å². The van der Waals surface area contributed by atoms with Crippen LogP contribution in [-0.4, -0.2) is 11.2 Å². The van der Waals surface area contributed by atoms with Crippen LogP contribution in [-0.2, 0) is 0 Å². The van der Waals surface area contributed by atoms with Crippen molar-refractivity contribution in [1.29, 1.82) is 0 Å². The van der Waals surface area contributed by atoms with E-state index in [2.05, 4.69) is 12.8 Å². The minimum Gasteiger partial charge on any atom is -0.392 e. The molecule has 0 aromatic heterocycles. The van der Waals surface area contributed by atoms with Gasteiger partial charge in [-0.15, -0.1) is 12.3 Å². The number of terminal acetylenes is 1. The summed E-state index contributed by atoms with van der Waals surface area (Å²) >= 11 is 0. The molecule has 1 saturated carbocycles. The molecule has 2 atom stereocenters. The Bertz CT molecular complexity index is 141. The molecule has 0 radical (unpaired) electrons. The summed E-state index contributed by atoms with van der Waals surface area (Å²) < 4.78 is 0. The van der Waals surface area contributed by atoms with Crippen LogP contribution in [0.4, 0.5) is 0 Å². The standard InChI is InChI=1S/C9H14O/c1-3-4-9(10)7(2)8-5-6-8/h1,7-10H,4-6H2,2H3. The van der Waals surface area contributed by atoms with Crippen LogP contribution in [0.1, 0.15) is 26.2 Å². The first-order valence-electron chi connectivity index (χ1n) is 3.87. The molecule has 1 nitrogen and oxygen atoms in total. The van der Waals surface area contributed by atoms with Gasteiger partial charge in [0.2, 0.25) is 0 Å². The second-order valence-corrected chi connectivity index (χ2v) is 3.17. The van der Waals surface area contributed by atoms with E-state index in [1.54, 1.807) is 0 Å². The molecule has 0 saturated heterocycles. The van der Waals surface area contributed by atoms with E-state index < -0.39 is 0 Å². The molecule has 1 heteroatoms. The fourth-order valence-corrected chi connectivity index (χ4v) is 1.24. The molecule has 1 fully saturated rings. The summed E-state index contributed by atoms with van der Waals surface area (Å²) in [6.45, 7) is 2.08. The van der Waals surface area contributed by atoms with Crippen LogP contribution in [0, 0.1) is 24.2 Å². The molecule has 56 valence electrons. The average Bonchev–Trinajstić information content (AvgIpc) is 2.68. The lowest BCUT2D eigenvalue weighted by atomic mass is 9.97. The second-order valence-electron chi connectivity index (χ2n) is 3.17. The molecule has 2 unspecified atom stereocenters. The normalized spacial score (nSPS) is 23.3. The van der Waals surface area contributed by atoms with E-state index in [0.717, 1.165) is 5.92 Å². The van der Waals surface area contributed by atoms with Crippen molar-refractivity contribution in [2.24, 2.45) is 11.8 Å². The minimum absolute atomic E-state index is 0.266. The van der Waals surface area contributed by atoms with Gasteiger partial charge in [0.15, 0.2) is 0 Å². The lowest BCUT2D eigenvalue weighted by Crippen LogP contribution is -2.18. The Hall–Kier alpha value is -0.480. The highest BCUT2D eigenvalue weighted by atomic mass is 16.3. The van der Waals surface area contributed by atoms with Gasteiger partial charge >= 0.3 is 0 Å². The van der Waals surface area contributed by atoms with Gasteiger partial charge in [-0.3, -0.25) is 0 Å². The summed E-state index contributed by atoms with van der Waals surface area (Å²) in [5, 5.41) is 9.39. The Kier molecular flexibility index (Phi) is 2.34. The van der Waals surface area contributed by atoms with Gasteiger partial charge in [-0.1, -0.05) is 6.92 Å². The Morgan fingerprint density at radius 2 is 2.30 bits per heavy atom. The van der Waals surface area contributed by atoms with E-state index >= 15 is 0 Å². The summed E-state index contributed by atoms with van der Waals surface area (Å²) in [6, 6.07) is 0. The largest absolute Gasteiger partial charge is 0.392 e. The lowest BCUT2D eigenvalue weighted by Gasteiger charge is -2.14. The number of aliphatic hydroxyl groups is 1. The van der Waals surface area contributed by atoms with E-state index in [1.165, 1.54) is 12.8 Å². The molecular formula is C9H14O. The molecule has 0 heterocycles. The molecule has 0 aromatic rings. The molecule has 1 aliphatic carbocycles. The fraction of sp³-hybridized carbons (Fsp3) is 0.778. The summed E-state index contributed by atoms with van der Waals surface area (Å²) in [6.07, 6.45) is 7.88. The maximum absolute atomic E-state index is 9.39. The zero-order chi connectivity index (χ0) is 7.56. The van der Waals surface area contributed by atoms with Gasteiger partial charge in [0.25, 0.3) is 0 Å². The molecule has 1 aliphatic rings. The highest BCUT2D eigenvalue weighted by Gasteiger charge is 2.31. The van der Waals surface area contributed by atoms with E-state index in [-0.39, 0.29) is 6.10 Å². The van der Waals surface area contributed by atoms with Crippen molar-refractivity contribution < 1.29 is 5.11 Å². The Labute approximate surface area is 62.4 Å². The molecule has 0 aliphatic heterocycles. The van der Waals surface area contributed by atoms with Gasteiger partial charge in [0, 0.05) is 6.42 Å². The summed E-state index contributed by atoms with van der Waals surface area (Å²) in [7, 11) is 0. The average molecular weight is 138 g/mol. The van der Waals surface area contributed by atoms with Crippen LogP contribution >= 0.6 is 0 Å². The SMILES string of the molecule is C#CCC(O)C(C)C1CC1. The first-order valence-corrected chi connectivity index (χ1v) is 3.87. The Morgan fingerprint density at radius 1 is 1.70 bits per heavy atom. The number of aliphatic hydroxyl groups excluding tert-OH is 1. The highest BCUT2D eigenvalue weighted by molar-refractivity contribution is 4.91. The van der Waals surface area contributed by atoms with E-state index in [9.17, 15) is 5.11 Å². The molecule has 0 bridgehead atoms. The molecule has 0 aromatic carbocycles. The third kappa shape index (κ3) is 1.75. The molecule has 1 N–H and O–H groups in total. The van der Waals surface area contributed by atoms with Crippen molar-refractivity contribution in [2.45, 2.75) is 32.3 Å². The van der Waals surface area contributed by atoms with Crippen molar-refractivity contribution in [3.63, 3.8) is 0 Å². The molecule has 0 spiro atoms. The third-order valence-corrected chi connectivity index (χ3v) is 2.30. The van der Waals surface area contributed by atoms with Gasteiger partial charge < -0.3 is 5.11 Å². The Morgan fingerprint density at radius 3 is 2.70 bits per heavy atom. The fourth-order valence-electron chi connectivity index (χ4n) is 1.24. The highest BCUT2D eigenvalue weighted by Crippen LogP contribution is 2.38. The molecular weight excluding hydrogens is 124 g/mol. The van der Waals surface area contributed by atoms with Crippen LogP contribution in [0.5, 0.6) is 0 Å². The number of hydrogen-bond acceptors (Lipinski definition) is 1. The predicted octanol–water partition coefficient (Wildman–Crippen LogP) is 1.42. The topological polar surface area (TPSA) is 20.2 Å². The van der Waals surface area contributed by atoms with Crippen molar-refractivity contribution in [2.75, 3.05) is 0 Å². The van der Waals surface area contributed by atoms with Crippen LogP contribution in [0.3, 0.4) is 0 Å². The molecule has 10 heavy (non-hydrogen) atoms. The second kappa shape index (κ2) is 3.07. The van der Waals surface area contributed by atoms with Gasteiger partial charge in [-0.05, 0) is 24.7 Å². The first-order chi connectivity index (χ1) is 4.75. The van der Waals surface area contributed by atoms with Gasteiger partial charge in [-0.25, -0.2) is 0 Å². The number of rotatable bonds is 3. The summed E-state index contributed by atoms with van der Waals surface area (Å²) in [4.78, 5) is 0. The van der Waals surface area contributed by atoms with Gasteiger partial charge in [-0.2, -0.15) is 0 Å². The smallest absolute Gasteiger partial charge is 0.0677 e. The molecule has 0 amide bonds. The first kappa shape index (κ1) is 7.63. The zero-order valence-corrected chi connectivity index (χ0v) is 6.38. The lowest BCUT2D eigenvalue weighted by molar-refractivity contribution is 0.110. The van der Waals surface area contributed by atoms with E-state index in [0.29, 0.717) is 12.3 Å². The summed E-state index contributed by atoms with van der Waals surface area (Å²) in [5.74, 6) is 3.65. The van der Waals surface area contributed by atoms with Crippen LogP contribution in [0.15, 0.2) is 0 Å². The maximum atomic E-state index is 9.39. The summed E-state index contributed by atoms with van der Waals surface area (Å²) in [5.41, 5.74) is 0. The van der Waals surface area contributed by atoms with Crippen molar-refractivity contribution in [1.82, 2.24) is 0 Å². The number of hydrogen-bond donors (Lipinski definition) is 1. The van der Waals surface area contributed by atoms with E-state index in [1.807, 2.05) is 0 Å². The zero-order valence-electron chi connectivity index (χ0n) is 6.38. The van der Waals surface area contributed by atoms with Gasteiger partial charge in [0.1, 0.15) is 0 Å².